The van der Waals surface area contributed by atoms with Gasteiger partial charge in [-0.1, -0.05) is 12.1 Å². The van der Waals surface area contributed by atoms with Gasteiger partial charge in [0, 0.05) is 18.7 Å². The lowest BCUT2D eigenvalue weighted by molar-refractivity contribution is 0.315. The normalized spacial score (nSPS) is 11.1. The molecule has 0 aliphatic heterocycles. The summed E-state index contributed by atoms with van der Waals surface area (Å²) in [4.78, 5) is 2.14. The molecule has 0 bridgehead atoms. The van der Waals surface area contributed by atoms with Gasteiger partial charge in [-0.25, -0.2) is 4.39 Å². The van der Waals surface area contributed by atoms with Crippen molar-refractivity contribution in [1.29, 1.82) is 0 Å². The van der Waals surface area contributed by atoms with Gasteiger partial charge in [-0.15, -0.1) is 0 Å². The number of rotatable bonds is 5. The Morgan fingerprint density at radius 2 is 1.89 bits per heavy atom. The van der Waals surface area contributed by atoms with Crippen LogP contribution in [0.2, 0.25) is 0 Å². The Hall–Kier alpha value is -1.65. The average molecular weight is 248 g/mol. The van der Waals surface area contributed by atoms with Crippen molar-refractivity contribution in [2.75, 3.05) is 7.05 Å². The first-order chi connectivity index (χ1) is 8.69. The van der Waals surface area contributed by atoms with Crippen molar-refractivity contribution in [1.82, 2.24) is 4.90 Å². The first kappa shape index (κ1) is 12.8. The summed E-state index contributed by atoms with van der Waals surface area (Å²) in [6.07, 6.45) is 1.66. The Labute approximate surface area is 106 Å². The Kier molecular flexibility index (Phi) is 4.12. The second-order valence-corrected chi connectivity index (χ2v) is 4.37. The second kappa shape index (κ2) is 5.80. The standard InChI is InChI=1S/C14H17FN2O/c1-17(9-11-2-4-13(15)5-3-11)10-12-6-7-18-14(12)8-16/h2-7H,8-10,16H2,1H3. The molecule has 0 amide bonds. The fourth-order valence-corrected chi connectivity index (χ4v) is 1.94. The van der Waals surface area contributed by atoms with E-state index < -0.39 is 0 Å². The quantitative estimate of drug-likeness (QED) is 0.884. The Morgan fingerprint density at radius 3 is 2.56 bits per heavy atom. The molecule has 0 atom stereocenters. The van der Waals surface area contributed by atoms with Gasteiger partial charge in [0.25, 0.3) is 0 Å². The lowest BCUT2D eigenvalue weighted by Gasteiger charge is -2.16. The van der Waals surface area contributed by atoms with E-state index in [0.717, 1.165) is 30.0 Å². The van der Waals surface area contributed by atoms with Crippen molar-refractivity contribution in [3.63, 3.8) is 0 Å². The van der Waals surface area contributed by atoms with E-state index in [9.17, 15) is 4.39 Å². The molecule has 0 radical (unpaired) electrons. The van der Waals surface area contributed by atoms with Crippen LogP contribution in [0.4, 0.5) is 4.39 Å². The minimum Gasteiger partial charge on any atom is -0.468 e. The number of hydrogen-bond acceptors (Lipinski definition) is 3. The molecule has 96 valence electrons. The van der Waals surface area contributed by atoms with Crippen LogP contribution in [0.5, 0.6) is 0 Å². The fraction of sp³-hybridized carbons (Fsp3) is 0.286. The summed E-state index contributed by atoms with van der Waals surface area (Å²) in [6, 6.07) is 8.48. The van der Waals surface area contributed by atoms with Gasteiger partial charge in [0.1, 0.15) is 11.6 Å². The van der Waals surface area contributed by atoms with E-state index >= 15 is 0 Å². The Morgan fingerprint density at radius 1 is 1.17 bits per heavy atom. The fourth-order valence-electron chi connectivity index (χ4n) is 1.94. The number of nitrogens with two attached hydrogens (primary N) is 1. The molecule has 1 aromatic heterocycles. The van der Waals surface area contributed by atoms with Crippen molar-refractivity contribution in [3.8, 4) is 0 Å². The summed E-state index contributed by atoms with van der Waals surface area (Å²) in [5.41, 5.74) is 7.77. The molecular weight excluding hydrogens is 231 g/mol. The lowest BCUT2D eigenvalue weighted by Crippen LogP contribution is -2.18. The molecule has 2 aromatic rings. The molecule has 0 saturated heterocycles. The third-order valence-corrected chi connectivity index (χ3v) is 2.83. The molecule has 2 rings (SSSR count). The van der Waals surface area contributed by atoms with E-state index in [1.165, 1.54) is 12.1 Å². The molecule has 0 aliphatic rings. The maximum atomic E-state index is 12.8. The number of nitrogens with zero attached hydrogens (tertiary/aromatic N) is 1. The zero-order valence-corrected chi connectivity index (χ0v) is 10.4. The third kappa shape index (κ3) is 3.18. The highest BCUT2D eigenvalue weighted by atomic mass is 19.1. The van der Waals surface area contributed by atoms with Crippen LogP contribution in [0.15, 0.2) is 41.0 Å². The van der Waals surface area contributed by atoms with Crippen LogP contribution in [0.25, 0.3) is 0 Å². The van der Waals surface area contributed by atoms with Crippen molar-refractivity contribution in [2.24, 2.45) is 5.73 Å². The summed E-state index contributed by atoms with van der Waals surface area (Å²) in [7, 11) is 2.01. The zero-order valence-electron chi connectivity index (χ0n) is 10.4. The van der Waals surface area contributed by atoms with Crippen LogP contribution in [0, 0.1) is 5.82 Å². The number of halogens is 1. The van der Waals surface area contributed by atoms with E-state index in [0.29, 0.717) is 6.54 Å². The minimum atomic E-state index is -0.207. The van der Waals surface area contributed by atoms with E-state index in [1.807, 2.05) is 13.1 Å². The monoisotopic (exact) mass is 248 g/mol. The highest BCUT2D eigenvalue weighted by Gasteiger charge is 2.08. The molecule has 4 heteroatoms. The van der Waals surface area contributed by atoms with Crippen LogP contribution >= 0.6 is 0 Å². The zero-order chi connectivity index (χ0) is 13.0. The summed E-state index contributed by atoms with van der Waals surface area (Å²) in [5.74, 6) is 0.614. The van der Waals surface area contributed by atoms with Crippen LogP contribution < -0.4 is 5.73 Å². The first-order valence-electron chi connectivity index (χ1n) is 5.87. The van der Waals surface area contributed by atoms with E-state index in [2.05, 4.69) is 4.90 Å². The predicted molar refractivity (Wildman–Crippen MR) is 68.2 cm³/mol. The lowest BCUT2D eigenvalue weighted by atomic mass is 10.2. The van der Waals surface area contributed by atoms with E-state index in [1.54, 1.807) is 18.4 Å². The van der Waals surface area contributed by atoms with Gasteiger partial charge in [-0.2, -0.15) is 0 Å². The second-order valence-electron chi connectivity index (χ2n) is 4.37. The molecule has 3 nitrogen and oxygen atoms in total. The topological polar surface area (TPSA) is 42.4 Å². The predicted octanol–water partition coefficient (Wildman–Crippen LogP) is 2.51. The van der Waals surface area contributed by atoms with Gasteiger partial charge in [0.2, 0.25) is 0 Å². The van der Waals surface area contributed by atoms with E-state index in [4.69, 9.17) is 10.2 Å². The van der Waals surface area contributed by atoms with Gasteiger partial charge >= 0.3 is 0 Å². The highest BCUT2D eigenvalue weighted by molar-refractivity contribution is 5.18. The van der Waals surface area contributed by atoms with Crippen molar-refractivity contribution in [2.45, 2.75) is 19.6 Å². The van der Waals surface area contributed by atoms with Crippen LogP contribution in [0.3, 0.4) is 0 Å². The van der Waals surface area contributed by atoms with Gasteiger partial charge in [-0.3, -0.25) is 4.90 Å². The maximum absolute atomic E-state index is 12.8. The number of furan rings is 1. The molecule has 0 saturated carbocycles. The third-order valence-electron chi connectivity index (χ3n) is 2.83. The molecule has 0 fully saturated rings. The SMILES string of the molecule is CN(Cc1ccc(F)cc1)Cc1ccoc1CN. The van der Waals surface area contributed by atoms with Crippen molar-refractivity contribution in [3.05, 3.63) is 59.3 Å². The molecule has 2 N–H and O–H groups in total. The van der Waals surface area contributed by atoms with Gasteiger partial charge in [-0.05, 0) is 30.8 Å². The maximum Gasteiger partial charge on any atom is 0.123 e. The van der Waals surface area contributed by atoms with Gasteiger partial charge in [0.05, 0.1) is 12.8 Å². The van der Waals surface area contributed by atoms with Gasteiger partial charge < -0.3 is 10.2 Å². The molecule has 0 aliphatic carbocycles. The van der Waals surface area contributed by atoms with Gasteiger partial charge in [0.15, 0.2) is 0 Å². The smallest absolute Gasteiger partial charge is 0.123 e. The highest BCUT2D eigenvalue weighted by Crippen LogP contribution is 2.14. The van der Waals surface area contributed by atoms with Crippen LogP contribution in [-0.2, 0) is 19.6 Å². The molecular formula is C14H17FN2O. The summed E-state index contributed by atoms with van der Waals surface area (Å²) >= 11 is 0. The van der Waals surface area contributed by atoms with Crippen LogP contribution in [0.1, 0.15) is 16.9 Å². The molecule has 18 heavy (non-hydrogen) atoms. The average Bonchev–Trinajstić information content (AvgIpc) is 2.79. The largest absolute Gasteiger partial charge is 0.468 e. The summed E-state index contributed by atoms with van der Waals surface area (Å²) in [5, 5.41) is 0. The number of benzene rings is 1. The summed E-state index contributed by atoms with van der Waals surface area (Å²) < 4.78 is 18.1. The van der Waals surface area contributed by atoms with Crippen molar-refractivity contribution >= 4 is 0 Å². The molecule has 1 heterocycles. The Bertz CT molecular complexity index is 493. The van der Waals surface area contributed by atoms with Crippen molar-refractivity contribution < 1.29 is 8.81 Å². The molecule has 0 spiro atoms. The molecule has 0 unspecified atom stereocenters. The Balaban J connectivity index is 1.96. The first-order valence-corrected chi connectivity index (χ1v) is 5.87. The number of hydrogen-bond donors (Lipinski definition) is 1. The summed E-state index contributed by atoms with van der Waals surface area (Å²) in [6.45, 7) is 1.93. The molecule has 1 aromatic carbocycles. The van der Waals surface area contributed by atoms with E-state index in [-0.39, 0.29) is 5.82 Å². The van der Waals surface area contributed by atoms with Crippen LogP contribution in [-0.4, -0.2) is 11.9 Å². The minimum absolute atomic E-state index is 0.207.